The van der Waals surface area contributed by atoms with Crippen LogP contribution in [0.3, 0.4) is 0 Å². The van der Waals surface area contributed by atoms with E-state index in [1.54, 1.807) is 0 Å². The molecule has 0 aliphatic carbocycles. The average molecular weight is 389 g/mol. The monoisotopic (exact) mass is 388 g/mol. The molecular weight excluding hydrogens is 360 g/mol. The molecule has 2 saturated heterocycles. The molecule has 6 nitrogen and oxygen atoms in total. The van der Waals surface area contributed by atoms with Gasteiger partial charge < -0.3 is 20.1 Å². The summed E-state index contributed by atoms with van der Waals surface area (Å²) in [6.07, 6.45) is 4.39. The van der Waals surface area contributed by atoms with Crippen LogP contribution in [0.4, 0.5) is 0 Å². The Kier molecular flexibility index (Phi) is 7.93. The number of halogens is 1. The van der Waals surface area contributed by atoms with Crippen LogP contribution in [0.25, 0.3) is 0 Å². The molecule has 0 bridgehead atoms. The van der Waals surface area contributed by atoms with Crippen LogP contribution in [0.15, 0.2) is 10.2 Å². The van der Waals surface area contributed by atoms with Crippen molar-refractivity contribution in [3.05, 3.63) is 20.7 Å². The van der Waals surface area contributed by atoms with Gasteiger partial charge in [-0.1, -0.05) is 11.3 Å². The van der Waals surface area contributed by atoms with Crippen LogP contribution < -0.4 is 15.5 Å². The number of nitrogens with zero attached hydrogens (tertiary/aromatic N) is 2. The third-order valence-corrected chi connectivity index (χ3v) is 6.04. The summed E-state index contributed by atoms with van der Waals surface area (Å²) in [7, 11) is 0. The van der Waals surface area contributed by atoms with E-state index in [2.05, 4.69) is 15.5 Å². The number of aromatic nitrogens is 1. The van der Waals surface area contributed by atoms with Gasteiger partial charge in [0.1, 0.15) is 0 Å². The van der Waals surface area contributed by atoms with Crippen molar-refractivity contribution in [1.29, 1.82) is 0 Å². The minimum absolute atomic E-state index is 0. The predicted octanol–water partition coefficient (Wildman–Crippen LogP) is 1.22. The molecule has 2 atom stereocenters. The highest BCUT2D eigenvalue weighted by Gasteiger charge is 2.24. The number of rotatable bonds is 6. The molecular formula is C17H29ClN4O2S. The molecule has 25 heavy (non-hydrogen) atoms. The van der Waals surface area contributed by atoms with Gasteiger partial charge in [0.05, 0.1) is 6.04 Å². The number of piperidine rings is 1. The third-order valence-electron chi connectivity index (χ3n) is 5.16. The zero-order chi connectivity index (χ0) is 16.9. The van der Waals surface area contributed by atoms with Crippen molar-refractivity contribution >= 4 is 29.7 Å². The maximum Gasteiger partial charge on any atom is 0.307 e. The van der Waals surface area contributed by atoms with E-state index in [4.69, 9.17) is 0 Å². The molecule has 1 amide bonds. The molecule has 2 unspecified atom stereocenters. The largest absolute Gasteiger partial charge is 0.354 e. The van der Waals surface area contributed by atoms with Gasteiger partial charge >= 0.3 is 4.87 Å². The minimum Gasteiger partial charge on any atom is -0.354 e. The van der Waals surface area contributed by atoms with Crippen molar-refractivity contribution in [2.24, 2.45) is 5.92 Å². The molecule has 1 aromatic heterocycles. The Balaban J connectivity index is 0.00000225. The van der Waals surface area contributed by atoms with Crippen molar-refractivity contribution in [2.75, 3.05) is 32.7 Å². The Hall–Kier alpha value is -0.890. The normalized spacial score (nSPS) is 24.0. The first-order valence-corrected chi connectivity index (χ1v) is 9.90. The van der Waals surface area contributed by atoms with Crippen molar-refractivity contribution in [3.63, 3.8) is 0 Å². The Morgan fingerprint density at radius 1 is 1.36 bits per heavy atom. The van der Waals surface area contributed by atoms with E-state index >= 15 is 0 Å². The number of carbonyl (C=O) groups is 1. The SMILES string of the molecule is Cc1csc(=O)n1CCN1CCCC(CNC(=O)C2CCCN2)C1.Cl. The second-order valence-electron chi connectivity index (χ2n) is 7.00. The Labute approximate surface area is 159 Å². The van der Waals surface area contributed by atoms with Gasteiger partial charge in [-0.15, -0.1) is 12.4 Å². The fraction of sp³-hybridized carbons (Fsp3) is 0.765. The molecule has 8 heteroatoms. The zero-order valence-electron chi connectivity index (χ0n) is 14.8. The van der Waals surface area contributed by atoms with Crippen LogP contribution in [0.5, 0.6) is 0 Å². The number of hydrogen-bond donors (Lipinski definition) is 2. The number of thiazole rings is 1. The van der Waals surface area contributed by atoms with Gasteiger partial charge in [-0.05, 0) is 51.6 Å². The zero-order valence-corrected chi connectivity index (χ0v) is 16.5. The summed E-state index contributed by atoms with van der Waals surface area (Å²) < 4.78 is 1.86. The number of aryl methyl sites for hydroxylation is 1. The second kappa shape index (κ2) is 9.71. The first-order chi connectivity index (χ1) is 11.6. The topological polar surface area (TPSA) is 66.4 Å². The van der Waals surface area contributed by atoms with E-state index in [-0.39, 0.29) is 29.2 Å². The molecule has 3 heterocycles. The smallest absolute Gasteiger partial charge is 0.307 e. The number of hydrogen-bond acceptors (Lipinski definition) is 5. The van der Waals surface area contributed by atoms with Crippen LogP contribution in [0, 0.1) is 12.8 Å². The Morgan fingerprint density at radius 3 is 2.88 bits per heavy atom. The maximum atomic E-state index is 12.1. The van der Waals surface area contributed by atoms with Gasteiger partial charge in [0, 0.05) is 37.3 Å². The number of nitrogens with one attached hydrogen (secondary N) is 2. The van der Waals surface area contributed by atoms with E-state index < -0.39 is 0 Å². The summed E-state index contributed by atoms with van der Waals surface area (Å²) >= 11 is 1.28. The fourth-order valence-electron chi connectivity index (χ4n) is 3.71. The highest BCUT2D eigenvalue weighted by Crippen LogP contribution is 2.16. The van der Waals surface area contributed by atoms with E-state index in [0.29, 0.717) is 5.92 Å². The van der Waals surface area contributed by atoms with Gasteiger partial charge in [-0.25, -0.2) is 0 Å². The highest BCUT2D eigenvalue weighted by molar-refractivity contribution is 7.07. The number of carbonyl (C=O) groups excluding carboxylic acids is 1. The molecule has 3 rings (SSSR count). The van der Waals surface area contributed by atoms with Gasteiger partial charge in [-0.3, -0.25) is 9.59 Å². The summed E-state index contributed by atoms with van der Waals surface area (Å²) in [5, 5.41) is 8.29. The third kappa shape index (κ3) is 5.54. The van der Waals surface area contributed by atoms with Gasteiger partial charge in [0.25, 0.3) is 0 Å². The fourth-order valence-corrected chi connectivity index (χ4v) is 4.47. The van der Waals surface area contributed by atoms with Crippen LogP contribution >= 0.6 is 23.7 Å². The first kappa shape index (κ1) is 20.4. The lowest BCUT2D eigenvalue weighted by Gasteiger charge is -2.33. The number of likely N-dealkylation sites (tertiary alicyclic amines) is 1. The number of amides is 1. The average Bonchev–Trinajstić information content (AvgIpc) is 3.22. The van der Waals surface area contributed by atoms with E-state index in [9.17, 15) is 9.59 Å². The second-order valence-corrected chi connectivity index (χ2v) is 7.82. The summed E-state index contributed by atoms with van der Waals surface area (Å²) in [6.45, 7) is 7.49. The standard InChI is InChI=1S/C17H28N4O2S.ClH/c1-13-12-24-17(23)21(13)9-8-20-7-3-4-14(11-20)10-19-16(22)15-5-2-6-18-15;/h12,14-15,18H,2-11H2,1H3,(H,19,22);1H. The molecule has 2 N–H and O–H groups in total. The van der Waals surface area contributed by atoms with E-state index in [1.165, 1.54) is 24.2 Å². The summed E-state index contributed by atoms with van der Waals surface area (Å²) in [6, 6.07) is 0.0122. The minimum atomic E-state index is 0. The quantitative estimate of drug-likeness (QED) is 0.769. The van der Waals surface area contributed by atoms with Gasteiger partial charge in [-0.2, -0.15) is 0 Å². The lowest BCUT2D eigenvalue weighted by atomic mass is 9.98. The predicted molar refractivity (Wildman–Crippen MR) is 104 cm³/mol. The molecule has 1 aromatic rings. The van der Waals surface area contributed by atoms with Gasteiger partial charge in [0.15, 0.2) is 0 Å². The molecule has 142 valence electrons. The molecule has 0 aromatic carbocycles. The van der Waals surface area contributed by atoms with Crippen LogP contribution in [0.1, 0.15) is 31.4 Å². The Bertz CT molecular complexity index is 612. The lowest BCUT2D eigenvalue weighted by molar-refractivity contribution is -0.123. The maximum absolute atomic E-state index is 12.1. The van der Waals surface area contributed by atoms with Crippen molar-refractivity contribution in [3.8, 4) is 0 Å². The molecule has 0 saturated carbocycles. The summed E-state index contributed by atoms with van der Waals surface area (Å²) in [5.41, 5.74) is 1.05. The Morgan fingerprint density at radius 2 is 2.20 bits per heavy atom. The van der Waals surface area contributed by atoms with E-state index in [1.807, 2.05) is 16.9 Å². The van der Waals surface area contributed by atoms with Crippen LogP contribution in [-0.2, 0) is 11.3 Å². The molecule has 2 aliphatic heterocycles. The van der Waals surface area contributed by atoms with Crippen molar-refractivity contribution in [1.82, 2.24) is 20.1 Å². The van der Waals surface area contributed by atoms with Crippen LogP contribution in [-0.4, -0.2) is 54.1 Å². The van der Waals surface area contributed by atoms with Crippen molar-refractivity contribution in [2.45, 2.75) is 45.2 Å². The van der Waals surface area contributed by atoms with Gasteiger partial charge in [0.2, 0.25) is 5.91 Å². The summed E-state index contributed by atoms with van der Waals surface area (Å²) in [4.78, 5) is 26.5. The summed E-state index contributed by atoms with van der Waals surface area (Å²) in [5.74, 6) is 0.675. The first-order valence-electron chi connectivity index (χ1n) is 9.02. The van der Waals surface area contributed by atoms with E-state index in [0.717, 1.165) is 57.8 Å². The molecule has 2 fully saturated rings. The molecule has 2 aliphatic rings. The highest BCUT2D eigenvalue weighted by atomic mass is 35.5. The molecule has 0 spiro atoms. The van der Waals surface area contributed by atoms with Crippen LogP contribution in [0.2, 0.25) is 0 Å². The van der Waals surface area contributed by atoms with Crippen molar-refractivity contribution < 1.29 is 4.79 Å². The molecule has 0 radical (unpaired) electrons. The lowest BCUT2D eigenvalue weighted by Crippen LogP contribution is -2.46.